The fourth-order valence-corrected chi connectivity index (χ4v) is 3.55. The summed E-state index contributed by atoms with van der Waals surface area (Å²) in [6, 6.07) is 21.5. The molecule has 4 rings (SSSR count). The number of nitrogens with one attached hydrogen (secondary N) is 1. The van der Waals surface area contributed by atoms with Crippen LogP contribution in [0.15, 0.2) is 71.1 Å². The molecular formula is C24H24N4O2. The Morgan fingerprint density at radius 1 is 1.00 bits per heavy atom. The third kappa shape index (κ3) is 4.03. The first-order valence-corrected chi connectivity index (χ1v) is 9.93. The lowest BCUT2D eigenvalue weighted by Crippen LogP contribution is -2.30. The van der Waals surface area contributed by atoms with Crippen molar-refractivity contribution in [3.05, 3.63) is 83.7 Å². The highest BCUT2D eigenvalue weighted by molar-refractivity contribution is 5.77. The summed E-state index contributed by atoms with van der Waals surface area (Å²) in [4.78, 5) is 12.7. The summed E-state index contributed by atoms with van der Waals surface area (Å²) >= 11 is 0. The van der Waals surface area contributed by atoms with E-state index in [4.69, 9.17) is 4.42 Å². The lowest BCUT2D eigenvalue weighted by molar-refractivity contribution is -0.122. The minimum Gasteiger partial charge on any atom is -0.416 e. The lowest BCUT2D eigenvalue weighted by Gasteiger charge is -2.16. The average Bonchev–Trinajstić information content (AvgIpc) is 3.35. The summed E-state index contributed by atoms with van der Waals surface area (Å²) in [5.74, 6) is 0.881. The number of aryl methyl sites for hydroxylation is 1. The number of hydrogen-bond acceptors (Lipinski definition) is 4. The molecule has 2 aromatic heterocycles. The summed E-state index contributed by atoms with van der Waals surface area (Å²) in [5, 5.41) is 11.4. The first kappa shape index (κ1) is 19.6. The summed E-state index contributed by atoms with van der Waals surface area (Å²) in [6.45, 7) is 6.15. The van der Waals surface area contributed by atoms with Gasteiger partial charge in [0, 0.05) is 17.0 Å². The van der Waals surface area contributed by atoms with Crippen LogP contribution in [0.1, 0.15) is 29.9 Å². The van der Waals surface area contributed by atoms with Crippen molar-refractivity contribution in [2.24, 2.45) is 0 Å². The average molecular weight is 400 g/mol. The van der Waals surface area contributed by atoms with Gasteiger partial charge in [-0.1, -0.05) is 48.5 Å². The highest BCUT2D eigenvalue weighted by Gasteiger charge is 2.19. The maximum atomic E-state index is 12.7. The monoisotopic (exact) mass is 400 g/mol. The van der Waals surface area contributed by atoms with Gasteiger partial charge < -0.3 is 14.3 Å². The van der Waals surface area contributed by atoms with Gasteiger partial charge in [-0.15, -0.1) is 10.2 Å². The minimum absolute atomic E-state index is 0.0461. The van der Waals surface area contributed by atoms with E-state index in [-0.39, 0.29) is 18.5 Å². The summed E-state index contributed by atoms with van der Waals surface area (Å²) in [7, 11) is 0. The molecule has 0 aliphatic heterocycles. The number of rotatable bonds is 6. The second kappa shape index (κ2) is 8.37. The molecule has 6 nitrogen and oxygen atoms in total. The Morgan fingerprint density at radius 2 is 1.63 bits per heavy atom. The summed E-state index contributed by atoms with van der Waals surface area (Å²) < 4.78 is 7.86. The third-order valence-corrected chi connectivity index (χ3v) is 5.23. The Labute approximate surface area is 175 Å². The predicted octanol–water partition coefficient (Wildman–Crippen LogP) is 4.70. The van der Waals surface area contributed by atoms with E-state index in [9.17, 15) is 4.79 Å². The van der Waals surface area contributed by atoms with Gasteiger partial charge in [-0.2, -0.15) is 0 Å². The molecule has 1 N–H and O–H groups in total. The van der Waals surface area contributed by atoms with Crippen LogP contribution in [-0.2, 0) is 11.3 Å². The van der Waals surface area contributed by atoms with Crippen LogP contribution in [0.5, 0.6) is 0 Å². The molecular weight excluding hydrogens is 376 g/mol. The van der Waals surface area contributed by atoms with Crippen molar-refractivity contribution < 1.29 is 9.21 Å². The molecule has 152 valence electrons. The molecule has 1 atom stereocenters. The zero-order valence-corrected chi connectivity index (χ0v) is 17.3. The van der Waals surface area contributed by atoms with Crippen LogP contribution >= 0.6 is 0 Å². The van der Waals surface area contributed by atoms with E-state index >= 15 is 0 Å². The number of nitrogens with zero attached hydrogens (tertiary/aromatic N) is 3. The van der Waals surface area contributed by atoms with E-state index in [1.54, 1.807) is 0 Å². The van der Waals surface area contributed by atoms with Gasteiger partial charge in [-0.3, -0.25) is 4.79 Å². The Hall–Kier alpha value is -3.67. The molecule has 0 saturated heterocycles. The van der Waals surface area contributed by atoms with E-state index in [0.29, 0.717) is 11.8 Å². The lowest BCUT2D eigenvalue weighted by atomic mass is 10.1. The second-order valence-corrected chi connectivity index (χ2v) is 7.35. The number of carbonyl (C=O) groups excluding carboxylic acids is 1. The third-order valence-electron chi connectivity index (χ3n) is 5.23. The quantitative estimate of drug-likeness (QED) is 0.509. The molecule has 0 aliphatic rings. The number of amides is 1. The van der Waals surface area contributed by atoms with Gasteiger partial charge in [0.15, 0.2) is 0 Å². The van der Waals surface area contributed by atoms with Crippen LogP contribution in [-0.4, -0.2) is 20.7 Å². The maximum Gasteiger partial charge on any atom is 0.249 e. The molecule has 2 aromatic carbocycles. The van der Waals surface area contributed by atoms with Gasteiger partial charge in [0.2, 0.25) is 17.7 Å². The van der Waals surface area contributed by atoms with Crippen LogP contribution in [0.4, 0.5) is 0 Å². The molecule has 30 heavy (non-hydrogen) atoms. The molecule has 0 bridgehead atoms. The Bertz CT molecular complexity index is 1150. The Balaban J connectivity index is 1.51. The SMILES string of the molecule is Cc1cc(-c2nnc(-c3ccccc3)o2)c(C)n1CC(=O)N[C@@H](C)c1ccccc1. The van der Waals surface area contributed by atoms with Crippen molar-refractivity contribution in [1.82, 2.24) is 20.1 Å². The van der Waals surface area contributed by atoms with Crippen LogP contribution < -0.4 is 5.32 Å². The second-order valence-electron chi connectivity index (χ2n) is 7.35. The van der Waals surface area contributed by atoms with Crippen molar-refractivity contribution in [1.29, 1.82) is 0 Å². The molecule has 0 unspecified atom stereocenters. The summed E-state index contributed by atoms with van der Waals surface area (Å²) in [5.41, 5.74) is 4.67. The first-order valence-electron chi connectivity index (χ1n) is 9.93. The van der Waals surface area contributed by atoms with Crippen molar-refractivity contribution in [3.8, 4) is 22.9 Å². The standard InChI is InChI=1S/C24H24N4O2/c1-16-14-21(24-27-26-23(30-24)20-12-8-5-9-13-20)18(3)28(16)15-22(29)25-17(2)19-10-6-4-7-11-19/h4-14,17H,15H2,1-3H3,(H,25,29)/t17-/m0/s1. The normalized spacial score (nSPS) is 12.0. The highest BCUT2D eigenvalue weighted by Crippen LogP contribution is 2.28. The van der Waals surface area contributed by atoms with Crippen LogP contribution in [0, 0.1) is 13.8 Å². The number of hydrogen-bond donors (Lipinski definition) is 1. The zero-order valence-electron chi connectivity index (χ0n) is 17.3. The van der Waals surface area contributed by atoms with Gasteiger partial charge in [0.1, 0.15) is 6.54 Å². The highest BCUT2D eigenvalue weighted by atomic mass is 16.4. The molecule has 4 aromatic rings. The molecule has 2 heterocycles. The number of benzene rings is 2. The fraction of sp³-hybridized carbons (Fsp3) is 0.208. The minimum atomic E-state index is -0.0567. The predicted molar refractivity (Wildman–Crippen MR) is 116 cm³/mol. The first-order chi connectivity index (χ1) is 14.5. The van der Waals surface area contributed by atoms with Gasteiger partial charge in [-0.25, -0.2) is 0 Å². The van der Waals surface area contributed by atoms with Crippen LogP contribution in [0.2, 0.25) is 0 Å². The van der Waals surface area contributed by atoms with Crippen LogP contribution in [0.25, 0.3) is 22.9 Å². The van der Waals surface area contributed by atoms with Crippen molar-refractivity contribution in [2.75, 3.05) is 0 Å². The molecule has 0 fully saturated rings. The van der Waals surface area contributed by atoms with Crippen molar-refractivity contribution in [3.63, 3.8) is 0 Å². The number of aromatic nitrogens is 3. The van der Waals surface area contributed by atoms with Crippen molar-refractivity contribution >= 4 is 5.91 Å². The van der Waals surface area contributed by atoms with E-state index in [0.717, 1.165) is 28.1 Å². The van der Waals surface area contributed by atoms with Gasteiger partial charge in [0.05, 0.1) is 11.6 Å². The smallest absolute Gasteiger partial charge is 0.249 e. The molecule has 0 saturated carbocycles. The molecule has 0 spiro atoms. The molecule has 0 aliphatic carbocycles. The number of carbonyl (C=O) groups is 1. The van der Waals surface area contributed by atoms with Gasteiger partial charge >= 0.3 is 0 Å². The van der Waals surface area contributed by atoms with E-state index < -0.39 is 0 Å². The largest absolute Gasteiger partial charge is 0.416 e. The van der Waals surface area contributed by atoms with Crippen LogP contribution in [0.3, 0.4) is 0 Å². The molecule has 6 heteroatoms. The molecule has 1 amide bonds. The Kier molecular flexibility index (Phi) is 5.48. The van der Waals surface area contributed by atoms with E-state index in [1.807, 2.05) is 92.1 Å². The van der Waals surface area contributed by atoms with Gasteiger partial charge in [-0.05, 0) is 44.5 Å². The molecule has 0 radical (unpaired) electrons. The van der Waals surface area contributed by atoms with Crippen molar-refractivity contribution in [2.45, 2.75) is 33.4 Å². The summed E-state index contributed by atoms with van der Waals surface area (Å²) in [6.07, 6.45) is 0. The van der Waals surface area contributed by atoms with E-state index in [1.165, 1.54) is 0 Å². The van der Waals surface area contributed by atoms with E-state index in [2.05, 4.69) is 15.5 Å². The maximum absolute atomic E-state index is 12.7. The topological polar surface area (TPSA) is 73.0 Å². The zero-order chi connectivity index (χ0) is 21.1. The Morgan fingerprint density at radius 3 is 2.33 bits per heavy atom. The fourth-order valence-electron chi connectivity index (χ4n) is 3.55. The van der Waals surface area contributed by atoms with Gasteiger partial charge in [0.25, 0.3) is 0 Å².